The van der Waals surface area contributed by atoms with Crippen molar-refractivity contribution in [2.75, 3.05) is 38.1 Å². The number of esters is 1. The molecule has 0 aromatic carbocycles. The zero-order chi connectivity index (χ0) is 25.4. The molecule has 12 nitrogen and oxygen atoms in total. The molecule has 2 saturated heterocycles. The molecule has 2 fully saturated rings. The van der Waals surface area contributed by atoms with Gasteiger partial charge in [-0.3, -0.25) is 28.2 Å². The monoisotopic (exact) mass is 541 g/mol. The molecule has 2 aliphatic heterocycles. The van der Waals surface area contributed by atoms with Gasteiger partial charge in [-0.1, -0.05) is 25.6 Å². The zero-order valence-corrected chi connectivity index (χ0v) is 22.1. The molecule has 0 radical (unpaired) electrons. The van der Waals surface area contributed by atoms with E-state index in [1.54, 1.807) is 13.8 Å². The van der Waals surface area contributed by atoms with Gasteiger partial charge in [0.2, 0.25) is 18.6 Å². The Hall–Kier alpha value is -1.15. The quantitative estimate of drug-likeness (QED) is 0.148. The summed E-state index contributed by atoms with van der Waals surface area (Å²) in [5.74, 6) is -0.274. The van der Waals surface area contributed by atoms with Crippen LogP contribution in [-0.4, -0.2) is 78.4 Å². The third-order valence-corrected chi connectivity index (χ3v) is 8.37. The van der Waals surface area contributed by atoms with E-state index in [0.29, 0.717) is 18.2 Å². The Kier molecular flexibility index (Phi) is 11.3. The Morgan fingerprint density at radius 1 is 1.24 bits per heavy atom. The number of thioether (sulfide) groups is 2. The molecule has 15 heteroatoms. The molecule has 0 saturated carbocycles. The van der Waals surface area contributed by atoms with Crippen molar-refractivity contribution in [3.05, 3.63) is 0 Å². The lowest BCUT2D eigenvalue weighted by atomic mass is 9.87. The molecule has 2 rings (SSSR count). The number of carbonyl (C=O) groups excluding carboxylic acids is 4. The average Bonchev–Trinajstić information content (AvgIpc) is 3.19. The first-order valence-electron chi connectivity index (χ1n) is 10.7. The second kappa shape index (κ2) is 13.2. The van der Waals surface area contributed by atoms with Crippen LogP contribution >= 0.6 is 31.3 Å². The second-order valence-corrected chi connectivity index (χ2v) is 12.4. The fourth-order valence-electron chi connectivity index (χ4n) is 2.98. The molecule has 4 atom stereocenters. The molecular weight excluding hydrogens is 509 g/mol. The van der Waals surface area contributed by atoms with E-state index in [9.17, 15) is 23.7 Å². The summed E-state index contributed by atoms with van der Waals surface area (Å²) in [6, 6.07) is -0.0638. The summed E-state index contributed by atoms with van der Waals surface area (Å²) in [5.41, 5.74) is -0.828. The van der Waals surface area contributed by atoms with Gasteiger partial charge in [0.05, 0.1) is 6.61 Å². The Morgan fingerprint density at radius 3 is 2.62 bits per heavy atom. The third-order valence-electron chi connectivity index (χ3n) is 4.92. The van der Waals surface area contributed by atoms with E-state index in [1.807, 2.05) is 6.92 Å². The Labute approximate surface area is 207 Å². The first-order chi connectivity index (χ1) is 15.9. The maximum atomic E-state index is 12.8. The first kappa shape index (κ1) is 29.1. The van der Waals surface area contributed by atoms with Gasteiger partial charge in [0.1, 0.15) is 5.25 Å². The molecule has 3 N–H and O–H groups in total. The molecule has 2 aliphatic rings. The highest BCUT2D eigenvalue weighted by Gasteiger charge is 2.49. The molecule has 0 aromatic heterocycles. The van der Waals surface area contributed by atoms with Gasteiger partial charge in [-0.15, -0.1) is 11.8 Å². The highest BCUT2D eigenvalue weighted by atomic mass is 32.2. The zero-order valence-electron chi connectivity index (χ0n) is 19.6. The van der Waals surface area contributed by atoms with E-state index in [-0.39, 0.29) is 36.6 Å². The smallest absolute Gasteiger partial charge is 0.437 e. The summed E-state index contributed by atoms with van der Waals surface area (Å²) in [7, 11) is -4.15. The van der Waals surface area contributed by atoms with Gasteiger partial charge in [0.25, 0.3) is 0 Å². The summed E-state index contributed by atoms with van der Waals surface area (Å²) in [6.45, 7) is 6.35. The van der Waals surface area contributed by atoms with Crippen LogP contribution in [0.25, 0.3) is 0 Å². The minimum absolute atomic E-state index is 0.0245. The number of nitrogens with one attached hydrogen (secondary N) is 3. The normalized spacial score (nSPS) is 28.2. The summed E-state index contributed by atoms with van der Waals surface area (Å²) in [4.78, 5) is 47.5. The molecule has 0 bridgehead atoms. The van der Waals surface area contributed by atoms with Crippen LogP contribution in [0.1, 0.15) is 34.1 Å². The van der Waals surface area contributed by atoms with Crippen LogP contribution in [0.15, 0.2) is 0 Å². The van der Waals surface area contributed by atoms with E-state index in [1.165, 1.54) is 18.7 Å². The number of ether oxygens (including phenoxy) is 1. The highest BCUT2D eigenvalue weighted by Crippen LogP contribution is 2.57. The van der Waals surface area contributed by atoms with Crippen molar-refractivity contribution in [1.82, 2.24) is 16.0 Å². The maximum absolute atomic E-state index is 12.8. The highest BCUT2D eigenvalue weighted by molar-refractivity contribution is 8.13. The van der Waals surface area contributed by atoms with Crippen molar-refractivity contribution < 1.29 is 42.1 Å². The van der Waals surface area contributed by atoms with Gasteiger partial charge in [0, 0.05) is 49.5 Å². The first-order valence-corrected chi connectivity index (χ1v) is 14.2. The van der Waals surface area contributed by atoms with Crippen molar-refractivity contribution in [1.29, 1.82) is 0 Å². The predicted octanol–water partition coefficient (Wildman–Crippen LogP) is 1.01. The maximum Gasteiger partial charge on any atom is 0.478 e. The molecule has 2 heterocycles. The van der Waals surface area contributed by atoms with E-state index in [4.69, 9.17) is 18.3 Å². The van der Waals surface area contributed by atoms with Crippen molar-refractivity contribution in [3.8, 4) is 0 Å². The van der Waals surface area contributed by atoms with Crippen molar-refractivity contribution >= 4 is 54.2 Å². The molecule has 194 valence electrons. The lowest BCUT2D eigenvalue weighted by molar-refractivity contribution is -0.155. The fourth-order valence-corrected chi connectivity index (χ4v) is 6.11. The van der Waals surface area contributed by atoms with E-state index < -0.39 is 43.3 Å². The lowest BCUT2D eigenvalue weighted by Crippen LogP contribution is -2.50. The van der Waals surface area contributed by atoms with Crippen LogP contribution in [0.5, 0.6) is 0 Å². The lowest BCUT2D eigenvalue weighted by Gasteiger charge is -2.39. The van der Waals surface area contributed by atoms with Crippen LogP contribution in [0.4, 0.5) is 0 Å². The summed E-state index contributed by atoms with van der Waals surface area (Å²) >= 11 is 2.51. The molecule has 2 amide bonds. The van der Waals surface area contributed by atoms with Crippen LogP contribution in [0.2, 0.25) is 0 Å². The van der Waals surface area contributed by atoms with Crippen LogP contribution in [0, 0.1) is 5.41 Å². The van der Waals surface area contributed by atoms with Gasteiger partial charge < -0.3 is 20.7 Å². The van der Waals surface area contributed by atoms with Gasteiger partial charge in [-0.25, -0.2) is 9.09 Å². The predicted molar refractivity (Wildman–Crippen MR) is 127 cm³/mol. The van der Waals surface area contributed by atoms with Crippen molar-refractivity contribution in [3.63, 3.8) is 0 Å². The number of carbonyl (C=O) groups is 4. The van der Waals surface area contributed by atoms with Crippen LogP contribution in [-0.2, 0) is 42.1 Å². The minimum atomic E-state index is -4.15. The minimum Gasteiger partial charge on any atom is -0.437 e. The molecular formula is C19H32N3O9PS2. The van der Waals surface area contributed by atoms with Crippen LogP contribution in [0.3, 0.4) is 0 Å². The summed E-state index contributed by atoms with van der Waals surface area (Å²) in [5, 5.41) is 7.91. The molecule has 0 aliphatic carbocycles. The van der Waals surface area contributed by atoms with E-state index in [2.05, 4.69) is 16.0 Å². The summed E-state index contributed by atoms with van der Waals surface area (Å²) < 4.78 is 33.6. The Balaban J connectivity index is 1.77. The molecule has 3 unspecified atom stereocenters. The number of amides is 2. The van der Waals surface area contributed by atoms with Crippen molar-refractivity contribution in [2.45, 2.75) is 51.5 Å². The van der Waals surface area contributed by atoms with Gasteiger partial charge in [-0.05, 0) is 6.92 Å². The number of phosphoric acid groups is 1. The van der Waals surface area contributed by atoms with Crippen molar-refractivity contribution in [2.24, 2.45) is 5.41 Å². The number of hydrogen-bond donors (Lipinski definition) is 3. The molecule has 34 heavy (non-hydrogen) atoms. The van der Waals surface area contributed by atoms with Gasteiger partial charge in [0.15, 0.2) is 11.2 Å². The van der Waals surface area contributed by atoms with Gasteiger partial charge in [-0.2, -0.15) is 0 Å². The number of hydrogen-bond acceptors (Lipinski definition) is 12. The average molecular weight is 542 g/mol. The standard InChI is InChI=1S/C19H32N3O9PS2/c1-12-15(34-10-22-12)18(26)28-11-30-32(27)29-9-19(3,4)16(31-32)17(25)21-6-5-14(24)20-7-8-33-13(2)23/h12,15-16,22H,5-11H2,1-4H3,(H,20,24)(H,21,25)/t12?,15?,16-,32?/m0/s1. The van der Waals surface area contributed by atoms with Crippen LogP contribution < -0.4 is 16.0 Å². The second-order valence-electron chi connectivity index (χ2n) is 8.36. The topological polar surface area (TPSA) is 158 Å². The Morgan fingerprint density at radius 2 is 1.97 bits per heavy atom. The molecule has 0 aromatic rings. The number of phosphoric ester groups is 1. The SMILES string of the molecule is CC(=O)SCCNC(=O)CCNC(=O)[C@@H]1OP(=O)(OCOC(=O)C2SCNC2C)OCC1(C)C. The molecule has 0 spiro atoms. The fraction of sp³-hybridized carbons (Fsp3) is 0.789. The van der Waals surface area contributed by atoms with E-state index in [0.717, 1.165) is 11.8 Å². The third kappa shape index (κ3) is 9.14. The van der Waals surface area contributed by atoms with E-state index >= 15 is 0 Å². The summed E-state index contributed by atoms with van der Waals surface area (Å²) in [6.07, 6.45) is -1.15. The van der Waals surface area contributed by atoms with Gasteiger partial charge >= 0.3 is 13.8 Å². The largest absolute Gasteiger partial charge is 0.478 e. The number of rotatable bonds is 11. The Bertz CT molecular complexity index is 814.